The summed E-state index contributed by atoms with van der Waals surface area (Å²) < 4.78 is 2.13. The van der Waals surface area contributed by atoms with Gasteiger partial charge >= 0.3 is 0 Å². The van der Waals surface area contributed by atoms with Crippen LogP contribution in [0.3, 0.4) is 0 Å². The van der Waals surface area contributed by atoms with Gasteiger partial charge in [-0.2, -0.15) is 0 Å². The molecule has 2 N–H and O–H groups in total. The van der Waals surface area contributed by atoms with Gasteiger partial charge in [-0.15, -0.1) is 0 Å². The van der Waals surface area contributed by atoms with Crippen LogP contribution in [-0.4, -0.2) is 35.6 Å². The van der Waals surface area contributed by atoms with E-state index in [4.69, 9.17) is 0 Å². The lowest BCUT2D eigenvalue weighted by molar-refractivity contribution is 0.621. The zero-order valence-electron chi connectivity index (χ0n) is 13.9. The second-order valence-electron chi connectivity index (χ2n) is 5.98. The van der Waals surface area contributed by atoms with Crippen LogP contribution >= 0.6 is 0 Å². The minimum atomic E-state index is 0.584. The molecule has 0 radical (unpaired) electrons. The highest BCUT2D eigenvalue weighted by Crippen LogP contribution is 2.31. The molecule has 5 nitrogen and oxygen atoms in total. The molecule has 0 saturated heterocycles. The molecular weight excluding hydrogens is 286 g/mol. The molecule has 23 heavy (non-hydrogen) atoms. The number of benzene rings is 1. The molecule has 1 aliphatic rings. The second-order valence-corrected chi connectivity index (χ2v) is 5.98. The number of nitrogens with zero attached hydrogens (tertiary/aromatic N) is 3. The van der Waals surface area contributed by atoms with Gasteiger partial charge in [-0.05, 0) is 30.9 Å². The van der Waals surface area contributed by atoms with Crippen LogP contribution in [0.2, 0.25) is 0 Å². The van der Waals surface area contributed by atoms with Gasteiger partial charge in [-0.25, -0.2) is 4.98 Å². The van der Waals surface area contributed by atoms with E-state index in [-0.39, 0.29) is 0 Å². The van der Waals surface area contributed by atoms with E-state index >= 15 is 0 Å². The number of hydrogen-bond donors (Lipinski definition) is 2. The van der Waals surface area contributed by atoms with Gasteiger partial charge in [0.2, 0.25) is 0 Å². The lowest BCUT2D eigenvalue weighted by Crippen LogP contribution is -2.40. The number of hydrogen-bond acceptors (Lipinski definition) is 2. The molecule has 1 aliphatic carbocycles. The molecule has 0 aliphatic heterocycles. The monoisotopic (exact) mass is 311 g/mol. The molecule has 0 saturated carbocycles. The quantitative estimate of drug-likeness (QED) is 0.657. The third kappa shape index (κ3) is 3.73. The maximum atomic E-state index is 4.32. The number of rotatable bonds is 5. The first-order valence-electron chi connectivity index (χ1n) is 8.28. The Hall–Kier alpha value is -2.30. The van der Waals surface area contributed by atoms with E-state index in [0.29, 0.717) is 5.92 Å². The molecule has 0 spiro atoms. The summed E-state index contributed by atoms with van der Waals surface area (Å²) in [4.78, 5) is 8.55. The van der Waals surface area contributed by atoms with Gasteiger partial charge in [0, 0.05) is 45.0 Å². The van der Waals surface area contributed by atoms with E-state index in [0.717, 1.165) is 31.4 Å². The Morgan fingerprint density at radius 2 is 2.22 bits per heavy atom. The van der Waals surface area contributed by atoms with Crippen LogP contribution in [0.4, 0.5) is 0 Å². The maximum absolute atomic E-state index is 4.32. The molecule has 122 valence electrons. The van der Waals surface area contributed by atoms with Crippen molar-refractivity contribution >= 4 is 5.96 Å². The van der Waals surface area contributed by atoms with Gasteiger partial charge < -0.3 is 15.2 Å². The van der Waals surface area contributed by atoms with E-state index in [1.807, 2.05) is 26.4 Å². The van der Waals surface area contributed by atoms with Gasteiger partial charge in [0.1, 0.15) is 5.82 Å². The normalized spacial score (nSPS) is 17.1. The lowest BCUT2D eigenvalue weighted by atomic mass is 10.0. The largest absolute Gasteiger partial charge is 0.356 e. The summed E-state index contributed by atoms with van der Waals surface area (Å²) in [7, 11) is 1.82. The van der Waals surface area contributed by atoms with Crippen LogP contribution in [-0.2, 0) is 13.0 Å². The highest BCUT2D eigenvalue weighted by molar-refractivity contribution is 5.79. The fourth-order valence-corrected chi connectivity index (χ4v) is 3.23. The van der Waals surface area contributed by atoms with Crippen molar-refractivity contribution in [1.29, 1.82) is 0 Å². The number of aromatic nitrogens is 2. The Kier molecular flexibility index (Phi) is 4.95. The summed E-state index contributed by atoms with van der Waals surface area (Å²) in [5.74, 6) is 2.49. The number of aliphatic imine (C=N–C) groups is 1. The van der Waals surface area contributed by atoms with Crippen LogP contribution < -0.4 is 10.6 Å². The highest BCUT2D eigenvalue weighted by atomic mass is 15.2. The summed E-state index contributed by atoms with van der Waals surface area (Å²) in [5, 5.41) is 6.83. The summed E-state index contributed by atoms with van der Waals surface area (Å²) >= 11 is 0. The Morgan fingerprint density at radius 1 is 1.35 bits per heavy atom. The predicted octanol–water partition coefficient (Wildman–Crippen LogP) is 2.09. The standard InChI is InChI=1S/C18H25N5/c1-14-20-9-11-23(14)12-10-21-18(19-2)22-13-16-8-7-15-5-3-4-6-17(15)16/h3-6,9,11,16H,7-8,10,12-13H2,1-2H3,(H2,19,21,22). The molecule has 1 heterocycles. The van der Waals surface area contributed by atoms with Crippen molar-refractivity contribution in [3.8, 4) is 0 Å². The summed E-state index contributed by atoms with van der Waals surface area (Å²) in [6.07, 6.45) is 6.24. The Bertz CT molecular complexity index is 674. The molecule has 0 amide bonds. The average Bonchev–Trinajstić information content (AvgIpc) is 3.17. The first-order chi connectivity index (χ1) is 11.3. The molecule has 2 aromatic rings. The van der Waals surface area contributed by atoms with Crippen LogP contribution in [0, 0.1) is 6.92 Å². The van der Waals surface area contributed by atoms with Crippen molar-refractivity contribution in [2.75, 3.05) is 20.1 Å². The minimum Gasteiger partial charge on any atom is -0.356 e. The SMILES string of the molecule is CN=C(NCCn1ccnc1C)NCC1CCc2ccccc21. The number of guanidine groups is 1. The molecular formula is C18H25N5. The fraction of sp³-hybridized carbons (Fsp3) is 0.444. The fourth-order valence-electron chi connectivity index (χ4n) is 3.23. The van der Waals surface area contributed by atoms with Gasteiger partial charge in [0.05, 0.1) is 0 Å². The third-order valence-corrected chi connectivity index (χ3v) is 4.57. The molecule has 1 aromatic carbocycles. The van der Waals surface area contributed by atoms with Crippen molar-refractivity contribution in [3.05, 3.63) is 53.6 Å². The molecule has 3 rings (SSSR count). The smallest absolute Gasteiger partial charge is 0.191 e. The third-order valence-electron chi connectivity index (χ3n) is 4.57. The minimum absolute atomic E-state index is 0.584. The Labute approximate surface area is 137 Å². The molecule has 1 unspecified atom stereocenters. The number of aryl methyl sites for hydroxylation is 2. The average molecular weight is 311 g/mol. The number of imidazole rings is 1. The van der Waals surface area contributed by atoms with Crippen LogP contribution in [0.25, 0.3) is 0 Å². The van der Waals surface area contributed by atoms with Gasteiger partial charge in [0.25, 0.3) is 0 Å². The van der Waals surface area contributed by atoms with Gasteiger partial charge in [-0.3, -0.25) is 4.99 Å². The van der Waals surface area contributed by atoms with E-state index in [9.17, 15) is 0 Å². The molecule has 5 heteroatoms. The van der Waals surface area contributed by atoms with Crippen LogP contribution in [0.5, 0.6) is 0 Å². The van der Waals surface area contributed by atoms with Crippen molar-refractivity contribution in [3.63, 3.8) is 0 Å². The van der Waals surface area contributed by atoms with Crippen molar-refractivity contribution in [1.82, 2.24) is 20.2 Å². The topological polar surface area (TPSA) is 54.2 Å². The number of fused-ring (bicyclic) bond motifs is 1. The van der Waals surface area contributed by atoms with E-state index in [2.05, 4.69) is 49.4 Å². The summed E-state index contributed by atoms with van der Waals surface area (Å²) in [6, 6.07) is 8.77. The van der Waals surface area contributed by atoms with E-state index < -0.39 is 0 Å². The zero-order valence-corrected chi connectivity index (χ0v) is 13.9. The second kappa shape index (κ2) is 7.31. The zero-order chi connectivity index (χ0) is 16.1. The molecule has 1 aromatic heterocycles. The highest BCUT2D eigenvalue weighted by Gasteiger charge is 2.21. The Balaban J connectivity index is 1.46. The molecule has 0 fully saturated rings. The Morgan fingerprint density at radius 3 is 3.00 bits per heavy atom. The van der Waals surface area contributed by atoms with Gasteiger partial charge in [-0.1, -0.05) is 24.3 Å². The summed E-state index contributed by atoms with van der Waals surface area (Å²) in [5.41, 5.74) is 2.99. The van der Waals surface area contributed by atoms with Crippen LogP contribution in [0.1, 0.15) is 29.3 Å². The van der Waals surface area contributed by atoms with E-state index in [1.165, 1.54) is 24.0 Å². The maximum Gasteiger partial charge on any atom is 0.191 e. The van der Waals surface area contributed by atoms with Gasteiger partial charge in [0.15, 0.2) is 5.96 Å². The van der Waals surface area contributed by atoms with Crippen molar-refractivity contribution < 1.29 is 0 Å². The summed E-state index contributed by atoms with van der Waals surface area (Å²) in [6.45, 7) is 4.67. The lowest BCUT2D eigenvalue weighted by Gasteiger charge is -2.16. The number of nitrogens with one attached hydrogen (secondary N) is 2. The van der Waals surface area contributed by atoms with Crippen molar-refractivity contribution in [2.45, 2.75) is 32.2 Å². The van der Waals surface area contributed by atoms with E-state index in [1.54, 1.807) is 0 Å². The molecule has 1 atom stereocenters. The first kappa shape index (κ1) is 15.6. The van der Waals surface area contributed by atoms with Crippen molar-refractivity contribution in [2.24, 2.45) is 4.99 Å². The predicted molar refractivity (Wildman–Crippen MR) is 93.8 cm³/mol. The molecule has 0 bridgehead atoms. The first-order valence-corrected chi connectivity index (χ1v) is 8.28. The van der Waals surface area contributed by atoms with Crippen LogP contribution in [0.15, 0.2) is 41.7 Å².